The fourth-order valence-corrected chi connectivity index (χ4v) is 3.55. The molecule has 1 saturated heterocycles. The Morgan fingerprint density at radius 1 is 1.04 bits per heavy atom. The van der Waals surface area contributed by atoms with Gasteiger partial charge in [0.05, 0.1) is 5.52 Å². The lowest BCUT2D eigenvalue weighted by molar-refractivity contribution is 0.389. The molecule has 1 aliphatic heterocycles. The molecule has 0 spiro atoms. The van der Waals surface area contributed by atoms with Gasteiger partial charge in [0.25, 0.3) is 0 Å². The molecule has 0 atom stereocenters. The van der Waals surface area contributed by atoms with E-state index in [9.17, 15) is 9.59 Å². The van der Waals surface area contributed by atoms with E-state index in [1.807, 2.05) is 13.0 Å². The summed E-state index contributed by atoms with van der Waals surface area (Å²) in [7, 11) is 1.62. The van der Waals surface area contributed by atoms with E-state index < -0.39 is 11.1 Å². The predicted molar refractivity (Wildman–Crippen MR) is 98.5 cm³/mol. The van der Waals surface area contributed by atoms with Crippen molar-refractivity contribution in [2.75, 3.05) is 18.0 Å². The summed E-state index contributed by atoms with van der Waals surface area (Å²) in [5, 5.41) is 0. The van der Waals surface area contributed by atoms with Crippen molar-refractivity contribution in [3.05, 3.63) is 57.0 Å². The molecule has 4 heterocycles. The molecule has 8 nitrogen and oxygen atoms in total. The zero-order valence-corrected chi connectivity index (χ0v) is 14.8. The molecule has 0 aliphatic carbocycles. The molecule has 26 heavy (non-hydrogen) atoms. The van der Waals surface area contributed by atoms with Gasteiger partial charge < -0.3 is 9.47 Å². The molecule has 0 aromatic carbocycles. The van der Waals surface area contributed by atoms with E-state index in [2.05, 4.69) is 19.9 Å². The van der Waals surface area contributed by atoms with Crippen molar-refractivity contribution in [2.24, 2.45) is 7.05 Å². The van der Waals surface area contributed by atoms with Crippen LogP contribution in [0.2, 0.25) is 0 Å². The van der Waals surface area contributed by atoms with Crippen molar-refractivity contribution >= 4 is 17.1 Å². The van der Waals surface area contributed by atoms with E-state index >= 15 is 0 Å². The molecule has 134 valence electrons. The summed E-state index contributed by atoms with van der Waals surface area (Å²) in [6.07, 6.45) is 6.64. The van der Waals surface area contributed by atoms with Crippen LogP contribution in [-0.4, -0.2) is 37.2 Å². The highest BCUT2D eigenvalue weighted by molar-refractivity contribution is 5.71. The predicted octanol–water partition coefficient (Wildman–Crippen LogP) is 1.04. The zero-order valence-electron chi connectivity index (χ0n) is 14.8. The SMILES string of the molecule is Cc1cnc2c(c1)n(C)c(=O)c(=O)n2C1CCN(c2ncccn2)CC1. The minimum absolute atomic E-state index is 0.0610. The van der Waals surface area contributed by atoms with Crippen LogP contribution in [0.15, 0.2) is 40.3 Å². The van der Waals surface area contributed by atoms with Crippen molar-refractivity contribution in [1.29, 1.82) is 0 Å². The molecular weight excluding hydrogens is 332 g/mol. The van der Waals surface area contributed by atoms with Gasteiger partial charge in [-0.1, -0.05) is 0 Å². The number of hydrogen-bond donors (Lipinski definition) is 0. The van der Waals surface area contributed by atoms with Gasteiger partial charge in [-0.25, -0.2) is 15.0 Å². The number of piperidine rings is 1. The van der Waals surface area contributed by atoms with E-state index in [1.54, 1.807) is 36.3 Å². The van der Waals surface area contributed by atoms with E-state index in [1.165, 1.54) is 4.57 Å². The highest BCUT2D eigenvalue weighted by atomic mass is 16.2. The van der Waals surface area contributed by atoms with Crippen LogP contribution in [0.4, 0.5) is 5.95 Å². The summed E-state index contributed by atoms with van der Waals surface area (Å²) in [5.41, 5.74) is 1.18. The monoisotopic (exact) mass is 352 g/mol. The maximum atomic E-state index is 12.7. The van der Waals surface area contributed by atoms with Gasteiger partial charge in [0.1, 0.15) is 0 Å². The van der Waals surface area contributed by atoms with Crippen molar-refractivity contribution in [3.63, 3.8) is 0 Å². The van der Waals surface area contributed by atoms with Gasteiger partial charge in [-0.2, -0.15) is 0 Å². The Balaban J connectivity index is 1.72. The summed E-state index contributed by atoms with van der Waals surface area (Å²) in [6.45, 7) is 3.37. The van der Waals surface area contributed by atoms with Gasteiger partial charge in [0.2, 0.25) is 5.95 Å². The fraction of sp³-hybridized carbons (Fsp3) is 0.389. The number of rotatable bonds is 2. The first-order valence-electron chi connectivity index (χ1n) is 8.66. The zero-order chi connectivity index (χ0) is 18.3. The average Bonchev–Trinajstić information content (AvgIpc) is 2.68. The van der Waals surface area contributed by atoms with Crippen LogP contribution in [0, 0.1) is 6.92 Å². The van der Waals surface area contributed by atoms with Crippen LogP contribution >= 0.6 is 0 Å². The first kappa shape index (κ1) is 16.4. The third-order valence-electron chi connectivity index (χ3n) is 4.94. The highest BCUT2D eigenvalue weighted by Gasteiger charge is 2.26. The molecule has 0 unspecified atom stereocenters. The second-order valence-electron chi connectivity index (χ2n) is 6.66. The molecule has 1 fully saturated rings. The number of aromatic nitrogens is 5. The highest BCUT2D eigenvalue weighted by Crippen LogP contribution is 2.25. The number of pyridine rings is 1. The molecule has 8 heteroatoms. The van der Waals surface area contributed by atoms with Crippen molar-refractivity contribution in [3.8, 4) is 0 Å². The van der Waals surface area contributed by atoms with Crippen molar-refractivity contribution in [1.82, 2.24) is 24.1 Å². The first-order valence-corrected chi connectivity index (χ1v) is 8.66. The third kappa shape index (κ3) is 2.67. The lowest BCUT2D eigenvalue weighted by Gasteiger charge is -2.33. The van der Waals surface area contributed by atoms with Crippen LogP contribution in [0.3, 0.4) is 0 Å². The molecule has 4 rings (SSSR count). The number of nitrogens with zero attached hydrogens (tertiary/aromatic N) is 6. The van der Waals surface area contributed by atoms with E-state index in [0.29, 0.717) is 17.1 Å². The topological polar surface area (TPSA) is 85.9 Å². The summed E-state index contributed by atoms with van der Waals surface area (Å²) in [4.78, 5) is 40.2. The Hall–Kier alpha value is -3.03. The minimum Gasteiger partial charge on any atom is -0.341 e. The molecular formula is C18H20N6O2. The van der Waals surface area contributed by atoms with E-state index in [0.717, 1.165) is 31.5 Å². The van der Waals surface area contributed by atoms with Gasteiger partial charge >= 0.3 is 11.1 Å². The molecule has 0 N–H and O–H groups in total. The maximum Gasteiger partial charge on any atom is 0.318 e. The van der Waals surface area contributed by atoms with Crippen molar-refractivity contribution < 1.29 is 0 Å². The minimum atomic E-state index is -0.515. The first-order chi connectivity index (χ1) is 12.6. The normalized spacial score (nSPS) is 15.5. The van der Waals surface area contributed by atoms with E-state index in [4.69, 9.17) is 0 Å². The summed E-state index contributed by atoms with van der Waals surface area (Å²) in [5.74, 6) is 0.695. The fourth-order valence-electron chi connectivity index (χ4n) is 3.55. The van der Waals surface area contributed by atoms with Crippen LogP contribution in [0.5, 0.6) is 0 Å². The largest absolute Gasteiger partial charge is 0.341 e. The summed E-state index contributed by atoms with van der Waals surface area (Å²) < 4.78 is 2.97. The molecule has 0 saturated carbocycles. The number of fused-ring (bicyclic) bond motifs is 1. The van der Waals surface area contributed by atoms with Gasteiger partial charge in [-0.3, -0.25) is 14.2 Å². The smallest absolute Gasteiger partial charge is 0.318 e. The average molecular weight is 352 g/mol. The van der Waals surface area contributed by atoms with Gasteiger partial charge in [0, 0.05) is 44.8 Å². The van der Waals surface area contributed by atoms with E-state index in [-0.39, 0.29) is 6.04 Å². The molecule has 0 amide bonds. The Labute approximate surface area is 149 Å². The van der Waals surface area contributed by atoms with Crippen molar-refractivity contribution in [2.45, 2.75) is 25.8 Å². The van der Waals surface area contributed by atoms with Gasteiger partial charge in [-0.05, 0) is 37.5 Å². The lowest BCUT2D eigenvalue weighted by atomic mass is 10.0. The van der Waals surface area contributed by atoms with Crippen LogP contribution < -0.4 is 16.0 Å². The number of aryl methyl sites for hydroxylation is 2. The molecule has 1 aliphatic rings. The number of anilines is 1. The molecule has 0 radical (unpaired) electrons. The Bertz CT molecular complexity index is 1060. The molecule has 3 aromatic heterocycles. The Kier molecular flexibility index (Phi) is 4.02. The Morgan fingerprint density at radius 3 is 2.42 bits per heavy atom. The summed E-state index contributed by atoms with van der Waals surface area (Å²) >= 11 is 0. The van der Waals surface area contributed by atoms with Crippen LogP contribution in [0.1, 0.15) is 24.4 Å². The quantitative estimate of drug-likeness (QED) is 0.641. The molecule has 3 aromatic rings. The standard InChI is InChI=1S/C18H20N6O2/c1-12-10-14-15(21-11-12)24(17(26)16(25)22(14)2)13-4-8-23(9-5-13)18-19-6-3-7-20-18/h3,6-7,10-11,13H,4-5,8-9H2,1-2H3. The second-order valence-corrected chi connectivity index (χ2v) is 6.66. The lowest BCUT2D eigenvalue weighted by Crippen LogP contribution is -2.45. The van der Waals surface area contributed by atoms with Gasteiger partial charge in [0.15, 0.2) is 5.65 Å². The van der Waals surface area contributed by atoms with Crippen LogP contribution in [-0.2, 0) is 7.05 Å². The molecule has 0 bridgehead atoms. The maximum absolute atomic E-state index is 12.7. The van der Waals surface area contributed by atoms with Crippen LogP contribution in [0.25, 0.3) is 11.2 Å². The second kappa shape index (κ2) is 6.36. The Morgan fingerprint density at radius 2 is 1.73 bits per heavy atom. The number of hydrogen-bond acceptors (Lipinski definition) is 6. The van der Waals surface area contributed by atoms with Gasteiger partial charge in [-0.15, -0.1) is 0 Å². The summed E-state index contributed by atoms with van der Waals surface area (Å²) in [6, 6.07) is 3.62. The third-order valence-corrected chi connectivity index (χ3v) is 4.94.